The summed E-state index contributed by atoms with van der Waals surface area (Å²) in [5.74, 6) is 1.25. The molecule has 8 heteroatoms. The van der Waals surface area contributed by atoms with Crippen LogP contribution in [-0.4, -0.2) is 32.8 Å². The van der Waals surface area contributed by atoms with Crippen LogP contribution in [0.5, 0.6) is 5.75 Å². The maximum atomic E-state index is 12.8. The summed E-state index contributed by atoms with van der Waals surface area (Å²) in [6.45, 7) is 4.86. The molecule has 3 heterocycles. The molecule has 0 radical (unpaired) electrons. The molecular formula is C22H22N4O3S. The van der Waals surface area contributed by atoms with Gasteiger partial charge in [0.25, 0.3) is 5.91 Å². The molecule has 7 nitrogen and oxygen atoms in total. The highest BCUT2D eigenvalue weighted by Gasteiger charge is 2.31. The number of thiocarbonyl (C=S) groups is 1. The van der Waals surface area contributed by atoms with Crippen LogP contribution in [0.15, 0.2) is 52.8 Å². The van der Waals surface area contributed by atoms with Crippen LogP contribution in [0.4, 0.5) is 0 Å². The number of rotatable bonds is 6. The Labute approximate surface area is 179 Å². The van der Waals surface area contributed by atoms with E-state index < -0.39 is 0 Å². The van der Waals surface area contributed by atoms with Crippen LogP contribution in [0.25, 0.3) is 6.08 Å². The second-order valence-electron chi connectivity index (χ2n) is 7.11. The van der Waals surface area contributed by atoms with E-state index in [0.29, 0.717) is 29.7 Å². The average Bonchev–Trinajstić information content (AvgIpc) is 3.40. The van der Waals surface area contributed by atoms with Gasteiger partial charge in [0.15, 0.2) is 5.11 Å². The van der Waals surface area contributed by atoms with Gasteiger partial charge in [0.1, 0.15) is 17.2 Å². The lowest BCUT2D eigenvalue weighted by Gasteiger charge is -2.12. The summed E-state index contributed by atoms with van der Waals surface area (Å²) in [7, 11) is 1.64. The quantitative estimate of drug-likeness (QED) is 0.485. The molecule has 0 unspecified atom stereocenters. The first-order valence-electron chi connectivity index (χ1n) is 9.49. The molecule has 0 atom stereocenters. The summed E-state index contributed by atoms with van der Waals surface area (Å²) in [6, 6.07) is 11.4. The molecule has 0 aliphatic carbocycles. The molecule has 3 aromatic rings. The number of hydrogen-bond acceptors (Lipinski definition) is 5. The number of nitrogens with one attached hydrogen (secondary N) is 1. The molecule has 1 saturated heterocycles. The standard InChI is InChI=1S/C22H22N4O3S/c1-14-9-15(2)26(24-14)12-17-10-16(6-7-20(17)28-3)11-19-21(27)25(22(30)23-19)13-18-5-4-8-29-18/h4-11H,12-13H2,1-3H3,(H,23,30)/b19-11+. The molecule has 4 rings (SSSR count). The van der Waals surface area contributed by atoms with E-state index in [9.17, 15) is 4.79 Å². The molecule has 2 aromatic heterocycles. The van der Waals surface area contributed by atoms with Gasteiger partial charge in [-0.1, -0.05) is 6.07 Å². The Bertz CT molecular complexity index is 1130. The molecular weight excluding hydrogens is 400 g/mol. The van der Waals surface area contributed by atoms with Gasteiger partial charge in [0, 0.05) is 11.3 Å². The van der Waals surface area contributed by atoms with Crippen LogP contribution in [0.1, 0.15) is 28.3 Å². The van der Waals surface area contributed by atoms with Crippen molar-refractivity contribution in [1.29, 1.82) is 0 Å². The summed E-state index contributed by atoms with van der Waals surface area (Å²) >= 11 is 5.33. The maximum Gasteiger partial charge on any atom is 0.276 e. The number of benzene rings is 1. The van der Waals surface area contributed by atoms with Gasteiger partial charge in [-0.3, -0.25) is 14.4 Å². The highest BCUT2D eigenvalue weighted by Crippen LogP contribution is 2.24. The molecule has 0 bridgehead atoms. The van der Waals surface area contributed by atoms with Gasteiger partial charge in [-0.25, -0.2) is 0 Å². The topological polar surface area (TPSA) is 72.5 Å². The zero-order valence-electron chi connectivity index (χ0n) is 17.0. The highest BCUT2D eigenvalue weighted by atomic mass is 32.1. The minimum atomic E-state index is -0.188. The van der Waals surface area contributed by atoms with Crippen LogP contribution in [0.2, 0.25) is 0 Å². The summed E-state index contributed by atoms with van der Waals surface area (Å²) in [5.41, 5.74) is 4.30. The maximum absolute atomic E-state index is 12.8. The first-order valence-corrected chi connectivity index (χ1v) is 9.90. The Balaban J connectivity index is 1.59. The van der Waals surface area contributed by atoms with Gasteiger partial charge in [-0.15, -0.1) is 0 Å². The number of furan rings is 1. The fourth-order valence-electron chi connectivity index (χ4n) is 3.45. The first-order chi connectivity index (χ1) is 14.4. The number of amides is 1. The Kier molecular flexibility index (Phi) is 5.41. The number of carbonyl (C=O) groups is 1. The Morgan fingerprint density at radius 3 is 2.73 bits per heavy atom. The van der Waals surface area contributed by atoms with E-state index in [0.717, 1.165) is 28.3 Å². The van der Waals surface area contributed by atoms with Gasteiger partial charge in [0.05, 0.1) is 32.2 Å². The molecule has 1 aliphatic rings. The van der Waals surface area contributed by atoms with Crippen LogP contribution in [0.3, 0.4) is 0 Å². The van der Waals surface area contributed by atoms with Crippen molar-refractivity contribution >= 4 is 29.3 Å². The number of nitrogens with zero attached hydrogens (tertiary/aromatic N) is 3. The predicted octanol–water partition coefficient (Wildman–Crippen LogP) is 3.41. The summed E-state index contributed by atoms with van der Waals surface area (Å²) in [5, 5.41) is 7.89. The van der Waals surface area contributed by atoms with Crippen molar-refractivity contribution in [3.8, 4) is 5.75 Å². The lowest BCUT2D eigenvalue weighted by atomic mass is 10.1. The highest BCUT2D eigenvalue weighted by molar-refractivity contribution is 7.80. The predicted molar refractivity (Wildman–Crippen MR) is 117 cm³/mol. The normalized spacial score (nSPS) is 15.2. The summed E-state index contributed by atoms with van der Waals surface area (Å²) in [6.07, 6.45) is 3.37. The zero-order valence-corrected chi connectivity index (χ0v) is 17.8. The molecule has 1 fully saturated rings. The van der Waals surface area contributed by atoms with Crippen molar-refractivity contribution in [2.75, 3.05) is 7.11 Å². The van der Waals surface area contributed by atoms with Crippen LogP contribution in [-0.2, 0) is 17.9 Å². The average molecular weight is 423 g/mol. The van der Waals surface area contributed by atoms with Gasteiger partial charge in [-0.2, -0.15) is 5.10 Å². The molecule has 1 N–H and O–H groups in total. The Morgan fingerprint density at radius 1 is 1.23 bits per heavy atom. The lowest BCUT2D eigenvalue weighted by Crippen LogP contribution is -2.29. The first kappa shape index (κ1) is 19.9. The van der Waals surface area contributed by atoms with E-state index in [4.69, 9.17) is 21.4 Å². The smallest absolute Gasteiger partial charge is 0.276 e. The van der Waals surface area contributed by atoms with Crippen LogP contribution >= 0.6 is 12.2 Å². The van der Waals surface area contributed by atoms with Crippen molar-refractivity contribution in [3.63, 3.8) is 0 Å². The largest absolute Gasteiger partial charge is 0.496 e. The van der Waals surface area contributed by atoms with E-state index in [1.54, 1.807) is 25.5 Å². The third kappa shape index (κ3) is 3.99. The molecule has 154 valence electrons. The summed E-state index contributed by atoms with van der Waals surface area (Å²) < 4.78 is 12.8. The summed E-state index contributed by atoms with van der Waals surface area (Å²) in [4.78, 5) is 14.3. The second-order valence-corrected chi connectivity index (χ2v) is 7.50. The Morgan fingerprint density at radius 2 is 2.07 bits per heavy atom. The number of methoxy groups -OCH3 is 1. The number of hydrogen-bond donors (Lipinski definition) is 1. The number of aromatic nitrogens is 2. The minimum absolute atomic E-state index is 0.188. The Hall–Kier alpha value is -3.39. The SMILES string of the molecule is COc1ccc(/C=C2/NC(=S)N(Cc3ccco3)C2=O)cc1Cn1nc(C)cc1C. The van der Waals surface area contributed by atoms with Gasteiger partial charge < -0.3 is 14.5 Å². The van der Waals surface area contributed by atoms with Gasteiger partial charge in [-0.05, 0) is 68.0 Å². The van der Waals surface area contributed by atoms with Gasteiger partial charge in [0.2, 0.25) is 0 Å². The zero-order chi connectivity index (χ0) is 21.3. The van der Waals surface area contributed by atoms with Crippen molar-refractivity contribution in [3.05, 3.63) is 76.6 Å². The molecule has 1 amide bonds. The third-order valence-corrected chi connectivity index (χ3v) is 5.22. The van der Waals surface area contributed by atoms with Crippen LogP contribution < -0.4 is 10.1 Å². The van der Waals surface area contributed by atoms with Crippen molar-refractivity contribution in [2.24, 2.45) is 0 Å². The van der Waals surface area contributed by atoms with E-state index in [1.165, 1.54) is 4.90 Å². The minimum Gasteiger partial charge on any atom is -0.496 e. The number of ether oxygens (including phenoxy) is 1. The fraction of sp³-hybridized carbons (Fsp3) is 0.227. The van der Waals surface area contributed by atoms with Crippen molar-refractivity contribution in [2.45, 2.75) is 26.9 Å². The lowest BCUT2D eigenvalue weighted by molar-refractivity contribution is -0.122. The van der Waals surface area contributed by atoms with Gasteiger partial charge >= 0.3 is 0 Å². The third-order valence-electron chi connectivity index (χ3n) is 4.90. The monoisotopic (exact) mass is 422 g/mol. The molecule has 0 spiro atoms. The van der Waals surface area contributed by atoms with Crippen molar-refractivity contribution < 1.29 is 13.9 Å². The second kappa shape index (κ2) is 8.16. The molecule has 1 aromatic carbocycles. The fourth-order valence-corrected chi connectivity index (χ4v) is 3.71. The number of aryl methyl sites for hydroxylation is 2. The molecule has 1 aliphatic heterocycles. The number of carbonyl (C=O) groups excluding carboxylic acids is 1. The van der Waals surface area contributed by atoms with Crippen LogP contribution in [0, 0.1) is 13.8 Å². The van der Waals surface area contributed by atoms with E-state index in [2.05, 4.69) is 10.4 Å². The van der Waals surface area contributed by atoms with Crippen molar-refractivity contribution in [1.82, 2.24) is 20.0 Å². The van der Waals surface area contributed by atoms with E-state index in [-0.39, 0.29) is 5.91 Å². The molecule has 0 saturated carbocycles. The molecule has 30 heavy (non-hydrogen) atoms. The van der Waals surface area contributed by atoms with E-state index >= 15 is 0 Å². The van der Waals surface area contributed by atoms with E-state index in [1.807, 2.05) is 48.9 Å².